The average molecular weight is 445 g/mol. The third-order valence-corrected chi connectivity index (χ3v) is 6.76. The molecular weight excluding hydrogens is 399 g/mol. The van der Waals surface area contributed by atoms with Crippen molar-refractivity contribution >= 4 is 10.1 Å². The monoisotopic (exact) mass is 444 g/mol. The van der Waals surface area contributed by atoms with E-state index in [-0.39, 0.29) is 51.4 Å². The molecule has 1 N–H and O–H groups in total. The molecule has 164 valence electrons. The predicted octanol–water partition coefficient (Wildman–Crippen LogP) is 3.33. The van der Waals surface area contributed by atoms with Crippen LogP contribution in [0.1, 0.15) is 129 Å². The first kappa shape index (κ1) is 31.7. The van der Waals surface area contributed by atoms with Crippen molar-refractivity contribution in [1.29, 1.82) is 0 Å². The molecule has 6 heteroatoms. The van der Waals surface area contributed by atoms with Crippen LogP contribution >= 0.6 is 0 Å². The van der Waals surface area contributed by atoms with Crippen molar-refractivity contribution in [2.75, 3.05) is 6.61 Å². The summed E-state index contributed by atoms with van der Waals surface area (Å²) in [5.74, 6) is 0. The molecule has 0 aliphatic carbocycles. The van der Waals surface area contributed by atoms with Gasteiger partial charge in [-0.3, -0.25) is 0 Å². The summed E-state index contributed by atoms with van der Waals surface area (Å²) in [6.45, 7) is 2.45. The van der Waals surface area contributed by atoms with E-state index in [2.05, 4.69) is 6.92 Å². The zero-order valence-electron chi connectivity index (χ0n) is 18.8. The second-order valence-corrected chi connectivity index (χ2v) is 9.72. The van der Waals surface area contributed by atoms with Crippen molar-refractivity contribution < 1.29 is 69.5 Å². The molecule has 28 heavy (non-hydrogen) atoms. The quantitative estimate of drug-likeness (QED) is 0.167. The molecule has 0 aromatic heterocycles. The van der Waals surface area contributed by atoms with Crippen LogP contribution in [0, 0.1) is 0 Å². The van der Waals surface area contributed by atoms with Crippen molar-refractivity contribution in [1.82, 2.24) is 0 Å². The van der Waals surface area contributed by atoms with Crippen molar-refractivity contribution in [3.63, 3.8) is 0 Å². The van der Waals surface area contributed by atoms with Crippen LogP contribution in [0.25, 0.3) is 0 Å². The molecule has 0 spiro atoms. The number of aliphatic hydroxyl groups is 1. The van der Waals surface area contributed by atoms with Gasteiger partial charge in [0.2, 0.25) is 0 Å². The molecule has 1 unspecified atom stereocenters. The molecule has 0 aromatic carbocycles. The minimum absolute atomic E-state index is 0. The number of unbranched alkanes of at least 4 members (excludes halogenated alkanes) is 15. The summed E-state index contributed by atoms with van der Waals surface area (Å²) in [6.07, 6.45) is 20.7. The van der Waals surface area contributed by atoms with E-state index in [4.69, 9.17) is 5.11 Å². The first-order valence-electron chi connectivity index (χ1n) is 11.6. The van der Waals surface area contributed by atoms with E-state index in [0.717, 1.165) is 57.8 Å². The van der Waals surface area contributed by atoms with E-state index < -0.39 is 15.4 Å². The fraction of sp³-hybridized carbons (Fsp3) is 1.00. The molecule has 4 nitrogen and oxygen atoms in total. The minimum atomic E-state index is -4.13. The van der Waals surface area contributed by atoms with Crippen LogP contribution in [0.3, 0.4) is 0 Å². The van der Waals surface area contributed by atoms with Gasteiger partial charge in [0.15, 0.2) is 0 Å². The van der Waals surface area contributed by atoms with E-state index >= 15 is 0 Å². The van der Waals surface area contributed by atoms with Gasteiger partial charge < -0.3 is 9.66 Å². The molecule has 0 aliphatic heterocycles. The van der Waals surface area contributed by atoms with Gasteiger partial charge in [-0.2, -0.15) is 0 Å². The summed E-state index contributed by atoms with van der Waals surface area (Å²) in [5, 5.41) is 8.06. The van der Waals surface area contributed by atoms with Gasteiger partial charge in [-0.25, -0.2) is 8.42 Å². The molecule has 0 amide bonds. The van der Waals surface area contributed by atoms with Gasteiger partial charge in [0, 0.05) is 11.9 Å². The largest absolute Gasteiger partial charge is 1.00 e. The number of aliphatic hydroxyl groups excluding tert-OH is 1. The Bertz CT molecular complexity index is 401. The second kappa shape index (κ2) is 23.2. The Morgan fingerprint density at radius 3 is 1.29 bits per heavy atom. The predicted molar refractivity (Wildman–Crippen MR) is 114 cm³/mol. The van der Waals surface area contributed by atoms with Gasteiger partial charge >= 0.3 is 51.4 Å². The summed E-state index contributed by atoms with van der Waals surface area (Å²) < 4.78 is 34.2. The molecule has 0 aromatic rings. The van der Waals surface area contributed by atoms with E-state index in [1.807, 2.05) is 0 Å². The number of rotatable bonds is 21. The van der Waals surface area contributed by atoms with Gasteiger partial charge in [0.25, 0.3) is 0 Å². The smallest absolute Gasteiger partial charge is 0.748 e. The van der Waals surface area contributed by atoms with Crippen molar-refractivity contribution in [2.24, 2.45) is 0 Å². The molecular formula is C22H45KO4S. The number of hydrogen-bond donors (Lipinski definition) is 1. The molecule has 0 fully saturated rings. The molecule has 0 saturated heterocycles. The zero-order chi connectivity index (χ0) is 20.2. The topological polar surface area (TPSA) is 77.4 Å². The standard InChI is InChI=1S/C22H46O4S.K/c1-2-3-4-16-19-22(27(24,25)26)20-17-14-12-10-8-6-5-7-9-11-13-15-18-21-23;/h22-23H,2-21H2,1H3,(H,24,25,26);/q;+1/p-1. The molecule has 0 bridgehead atoms. The summed E-state index contributed by atoms with van der Waals surface area (Å²) in [6, 6.07) is 0. The summed E-state index contributed by atoms with van der Waals surface area (Å²) in [7, 11) is -4.13. The molecule has 0 rings (SSSR count). The third-order valence-electron chi connectivity index (χ3n) is 5.47. The first-order chi connectivity index (χ1) is 13.0. The van der Waals surface area contributed by atoms with Crippen LogP contribution in [0.4, 0.5) is 0 Å². The molecule has 0 saturated carbocycles. The van der Waals surface area contributed by atoms with E-state index in [1.165, 1.54) is 51.4 Å². The molecule has 0 aliphatic rings. The Labute approximate surface area is 218 Å². The molecule has 0 radical (unpaired) electrons. The average Bonchev–Trinajstić information content (AvgIpc) is 2.62. The van der Waals surface area contributed by atoms with Crippen LogP contribution in [0.5, 0.6) is 0 Å². The van der Waals surface area contributed by atoms with Crippen LogP contribution in [0.2, 0.25) is 0 Å². The SMILES string of the molecule is CCCCCCC(CCCCCCCCCCCCCCCO)S(=O)(=O)[O-].[K+]. The van der Waals surface area contributed by atoms with E-state index in [9.17, 15) is 13.0 Å². The van der Waals surface area contributed by atoms with Gasteiger partial charge in [-0.05, 0) is 19.3 Å². The molecule has 0 heterocycles. The first-order valence-corrected chi connectivity index (χ1v) is 13.0. The molecule has 1 atom stereocenters. The maximum atomic E-state index is 11.4. The van der Waals surface area contributed by atoms with Gasteiger partial charge in [-0.1, -0.05) is 110 Å². The Balaban J connectivity index is 0. The van der Waals surface area contributed by atoms with Gasteiger partial charge in [-0.15, -0.1) is 0 Å². The van der Waals surface area contributed by atoms with Gasteiger partial charge in [0.1, 0.15) is 0 Å². The third kappa shape index (κ3) is 22.2. The fourth-order valence-corrected chi connectivity index (χ4v) is 4.57. The summed E-state index contributed by atoms with van der Waals surface area (Å²) in [4.78, 5) is 0. The minimum Gasteiger partial charge on any atom is -0.748 e. The Hall–Kier alpha value is 1.51. The van der Waals surface area contributed by atoms with Crippen molar-refractivity contribution in [3.8, 4) is 0 Å². The van der Waals surface area contributed by atoms with Crippen LogP contribution in [-0.2, 0) is 10.1 Å². The summed E-state index contributed by atoms with van der Waals surface area (Å²) in [5.41, 5.74) is 0. The van der Waals surface area contributed by atoms with Crippen LogP contribution < -0.4 is 51.4 Å². The Kier molecular flexibility index (Phi) is 26.2. The van der Waals surface area contributed by atoms with E-state index in [0.29, 0.717) is 19.4 Å². The second-order valence-electron chi connectivity index (χ2n) is 8.07. The maximum Gasteiger partial charge on any atom is 1.00 e. The van der Waals surface area contributed by atoms with Crippen molar-refractivity contribution in [3.05, 3.63) is 0 Å². The number of hydrogen-bond acceptors (Lipinski definition) is 4. The van der Waals surface area contributed by atoms with E-state index in [1.54, 1.807) is 0 Å². The normalized spacial score (nSPS) is 12.7. The summed E-state index contributed by atoms with van der Waals surface area (Å²) >= 11 is 0. The van der Waals surface area contributed by atoms with Gasteiger partial charge in [0.05, 0.1) is 10.1 Å². The van der Waals surface area contributed by atoms with Crippen LogP contribution in [-0.4, -0.2) is 29.9 Å². The Morgan fingerprint density at radius 2 is 0.964 bits per heavy atom. The van der Waals surface area contributed by atoms with Crippen LogP contribution in [0.15, 0.2) is 0 Å². The fourth-order valence-electron chi connectivity index (χ4n) is 3.66. The van der Waals surface area contributed by atoms with Crippen molar-refractivity contribution in [2.45, 2.75) is 134 Å². The Morgan fingerprint density at radius 1 is 0.643 bits per heavy atom. The maximum absolute atomic E-state index is 11.4. The zero-order valence-corrected chi connectivity index (χ0v) is 22.7.